The van der Waals surface area contributed by atoms with Gasteiger partial charge in [-0.15, -0.1) is 0 Å². The zero-order valence-electron chi connectivity index (χ0n) is 11.5. The van der Waals surface area contributed by atoms with Gasteiger partial charge >= 0.3 is 0 Å². The Morgan fingerprint density at radius 3 is 2.70 bits per heavy atom. The normalized spacial score (nSPS) is 12.0. The maximum atomic E-state index is 12.0. The quantitative estimate of drug-likeness (QED) is 0.623. The number of carbonyl (C=O) groups excluding carboxylic acids is 1. The van der Waals surface area contributed by atoms with Gasteiger partial charge in [-0.3, -0.25) is 14.9 Å². The molecule has 0 heterocycles. The standard InChI is InChI=1S/C13H18ClN3O3/c1-3-4-9(7-15)13(18)16-11-6-10(14)12(17(19)20)5-8(11)2/h5-6,9H,3-4,7,15H2,1-2H3,(H,16,18). The molecule has 1 unspecified atom stereocenters. The number of hydrogen-bond acceptors (Lipinski definition) is 4. The average Bonchev–Trinajstić information content (AvgIpc) is 2.39. The van der Waals surface area contributed by atoms with Gasteiger partial charge in [0.2, 0.25) is 5.91 Å². The van der Waals surface area contributed by atoms with Gasteiger partial charge in [0.25, 0.3) is 5.69 Å². The number of halogens is 1. The molecule has 3 N–H and O–H groups in total. The second kappa shape index (κ2) is 7.21. The van der Waals surface area contributed by atoms with Crippen molar-refractivity contribution in [1.29, 1.82) is 0 Å². The third-order valence-electron chi connectivity index (χ3n) is 3.04. The summed E-state index contributed by atoms with van der Waals surface area (Å²) in [6.07, 6.45) is 1.55. The highest BCUT2D eigenvalue weighted by Gasteiger charge is 2.19. The van der Waals surface area contributed by atoms with Gasteiger partial charge in [0, 0.05) is 18.3 Å². The molecule has 0 spiro atoms. The van der Waals surface area contributed by atoms with Crippen LogP contribution in [-0.2, 0) is 4.79 Å². The highest BCUT2D eigenvalue weighted by Crippen LogP contribution is 2.30. The Bertz CT molecular complexity index is 520. The lowest BCUT2D eigenvalue weighted by molar-refractivity contribution is -0.384. The summed E-state index contributed by atoms with van der Waals surface area (Å²) in [5, 5.41) is 13.5. The van der Waals surface area contributed by atoms with Gasteiger partial charge in [-0.25, -0.2) is 0 Å². The van der Waals surface area contributed by atoms with Crippen LogP contribution in [0.1, 0.15) is 25.3 Å². The topological polar surface area (TPSA) is 98.3 Å². The summed E-state index contributed by atoms with van der Waals surface area (Å²) in [6.45, 7) is 3.92. The van der Waals surface area contributed by atoms with Gasteiger partial charge in [0.1, 0.15) is 5.02 Å². The van der Waals surface area contributed by atoms with Gasteiger partial charge < -0.3 is 11.1 Å². The number of aryl methyl sites for hydroxylation is 1. The number of nitro benzene ring substituents is 1. The van der Waals surface area contributed by atoms with Crippen molar-refractivity contribution >= 4 is 28.9 Å². The van der Waals surface area contributed by atoms with Crippen molar-refractivity contribution < 1.29 is 9.72 Å². The van der Waals surface area contributed by atoms with E-state index in [9.17, 15) is 14.9 Å². The smallest absolute Gasteiger partial charge is 0.288 e. The Morgan fingerprint density at radius 2 is 2.20 bits per heavy atom. The monoisotopic (exact) mass is 299 g/mol. The minimum Gasteiger partial charge on any atom is -0.330 e. The molecule has 0 aliphatic carbocycles. The van der Waals surface area contributed by atoms with Gasteiger partial charge in [-0.2, -0.15) is 0 Å². The van der Waals surface area contributed by atoms with Crippen LogP contribution in [0.2, 0.25) is 5.02 Å². The second-order valence-corrected chi connectivity index (χ2v) is 4.99. The molecule has 0 aliphatic heterocycles. The lowest BCUT2D eigenvalue weighted by Gasteiger charge is -2.15. The van der Waals surface area contributed by atoms with Crippen molar-refractivity contribution in [2.75, 3.05) is 11.9 Å². The van der Waals surface area contributed by atoms with Crippen LogP contribution in [0.5, 0.6) is 0 Å². The van der Waals surface area contributed by atoms with Crippen molar-refractivity contribution in [3.8, 4) is 0 Å². The van der Waals surface area contributed by atoms with Crippen LogP contribution in [0.15, 0.2) is 12.1 Å². The van der Waals surface area contributed by atoms with E-state index in [1.54, 1.807) is 6.92 Å². The fourth-order valence-corrected chi connectivity index (χ4v) is 2.11. The van der Waals surface area contributed by atoms with Crippen LogP contribution >= 0.6 is 11.6 Å². The number of nitrogens with two attached hydrogens (primary N) is 1. The minimum absolute atomic E-state index is 0.00399. The van der Waals surface area contributed by atoms with E-state index in [2.05, 4.69) is 5.32 Å². The summed E-state index contributed by atoms with van der Waals surface area (Å²) in [7, 11) is 0. The number of amides is 1. The average molecular weight is 300 g/mol. The first kappa shape index (κ1) is 16.4. The number of anilines is 1. The van der Waals surface area contributed by atoms with E-state index in [-0.39, 0.29) is 29.1 Å². The zero-order chi connectivity index (χ0) is 15.3. The number of benzene rings is 1. The maximum absolute atomic E-state index is 12.0. The second-order valence-electron chi connectivity index (χ2n) is 4.59. The van der Waals surface area contributed by atoms with Crippen molar-refractivity contribution in [3.05, 3.63) is 32.8 Å². The Balaban J connectivity index is 2.96. The van der Waals surface area contributed by atoms with Crippen molar-refractivity contribution in [2.24, 2.45) is 11.7 Å². The Kier molecular flexibility index (Phi) is 5.91. The van der Waals surface area contributed by atoms with E-state index in [0.717, 1.165) is 6.42 Å². The van der Waals surface area contributed by atoms with Crippen LogP contribution in [0.3, 0.4) is 0 Å². The number of hydrogen-bond donors (Lipinski definition) is 2. The number of nitrogens with one attached hydrogen (secondary N) is 1. The third kappa shape index (κ3) is 3.91. The molecule has 6 nitrogen and oxygen atoms in total. The van der Waals surface area contributed by atoms with E-state index in [1.165, 1.54) is 12.1 Å². The Labute approximate surface area is 122 Å². The molecule has 1 rings (SSSR count). The predicted octanol–water partition coefficient (Wildman–Crippen LogP) is 2.87. The Hall–Kier alpha value is -1.66. The highest BCUT2D eigenvalue weighted by atomic mass is 35.5. The summed E-state index contributed by atoms with van der Waals surface area (Å²) in [6, 6.07) is 2.74. The lowest BCUT2D eigenvalue weighted by Crippen LogP contribution is -2.29. The molecule has 1 amide bonds. The minimum atomic E-state index is -0.555. The Morgan fingerprint density at radius 1 is 1.55 bits per heavy atom. The molecular weight excluding hydrogens is 282 g/mol. The van der Waals surface area contributed by atoms with Crippen molar-refractivity contribution in [3.63, 3.8) is 0 Å². The third-order valence-corrected chi connectivity index (χ3v) is 3.34. The summed E-state index contributed by atoms with van der Waals surface area (Å²) in [4.78, 5) is 22.3. The van der Waals surface area contributed by atoms with E-state index in [0.29, 0.717) is 17.7 Å². The SMILES string of the molecule is CCCC(CN)C(=O)Nc1cc(Cl)c([N+](=O)[O-])cc1C. The van der Waals surface area contributed by atoms with E-state index >= 15 is 0 Å². The summed E-state index contributed by atoms with van der Waals surface area (Å²) in [5.74, 6) is -0.462. The molecule has 20 heavy (non-hydrogen) atoms. The summed E-state index contributed by atoms with van der Waals surface area (Å²) < 4.78 is 0. The number of nitro groups is 1. The first-order chi connectivity index (χ1) is 9.40. The molecule has 0 aromatic heterocycles. The number of carbonyl (C=O) groups is 1. The molecule has 0 fully saturated rings. The van der Waals surface area contributed by atoms with Crippen LogP contribution in [0.25, 0.3) is 0 Å². The lowest BCUT2D eigenvalue weighted by atomic mass is 10.0. The van der Waals surface area contributed by atoms with E-state index < -0.39 is 4.92 Å². The molecule has 0 saturated carbocycles. The van der Waals surface area contributed by atoms with Gasteiger partial charge in [0.05, 0.1) is 10.8 Å². The highest BCUT2D eigenvalue weighted by molar-refractivity contribution is 6.33. The maximum Gasteiger partial charge on any atom is 0.288 e. The van der Waals surface area contributed by atoms with Crippen LogP contribution in [0.4, 0.5) is 11.4 Å². The van der Waals surface area contributed by atoms with Crippen LogP contribution in [-0.4, -0.2) is 17.4 Å². The van der Waals surface area contributed by atoms with Gasteiger partial charge in [-0.05, 0) is 25.0 Å². The number of rotatable bonds is 6. The van der Waals surface area contributed by atoms with Crippen molar-refractivity contribution in [2.45, 2.75) is 26.7 Å². The van der Waals surface area contributed by atoms with Crippen molar-refractivity contribution in [1.82, 2.24) is 0 Å². The fourth-order valence-electron chi connectivity index (χ4n) is 1.88. The predicted molar refractivity (Wildman–Crippen MR) is 78.9 cm³/mol. The molecule has 1 aromatic rings. The molecule has 1 atom stereocenters. The zero-order valence-corrected chi connectivity index (χ0v) is 12.2. The molecular formula is C13H18ClN3O3. The number of nitrogens with zero attached hydrogens (tertiary/aromatic N) is 1. The molecule has 0 radical (unpaired) electrons. The van der Waals surface area contributed by atoms with E-state index in [4.69, 9.17) is 17.3 Å². The molecule has 0 bridgehead atoms. The first-order valence-electron chi connectivity index (χ1n) is 6.36. The summed E-state index contributed by atoms with van der Waals surface area (Å²) >= 11 is 5.84. The van der Waals surface area contributed by atoms with Crippen LogP contribution in [0, 0.1) is 23.0 Å². The molecule has 0 aliphatic rings. The van der Waals surface area contributed by atoms with Crippen LogP contribution < -0.4 is 11.1 Å². The van der Waals surface area contributed by atoms with E-state index in [1.807, 2.05) is 6.92 Å². The molecule has 1 aromatic carbocycles. The van der Waals surface area contributed by atoms with Gasteiger partial charge in [-0.1, -0.05) is 24.9 Å². The fraction of sp³-hybridized carbons (Fsp3) is 0.462. The summed E-state index contributed by atoms with van der Waals surface area (Å²) in [5.41, 5.74) is 6.45. The first-order valence-corrected chi connectivity index (χ1v) is 6.74. The molecule has 110 valence electrons. The largest absolute Gasteiger partial charge is 0.330 e. The molecule has 0 saturated heterocycles. The molecule has 7 heteroatoms. The van der Waals surface area contributed by atoms with Gasteiger partial charge in [0.15, 0.2) is 0 Å².